The summed E-state index contributed by atoms with van der Waals surface area (Å²) in [5, 5.41) is 0. The van der Waals surface area contributed by atoms with Gasteiger partial charge in [0.1, 0.15) is 0 Å². The molecule has 1 atom stereocenters. The van der Waals surface area contributed by atoms with Crippen LogP contribution in [0.4, 0.5) is 0 Å². The van der Waals surface area contributed by atoms with Gasteiger partial charge in [-0.3, -0.25) is 9.59 Å². The number of hydrogen-bond donors (Lipinski definition) is 0. The van der Waals surface area contributed by atoms with Crippen LogP contribution in [-0.4, -0.2) is 18.5 Å². The molecule has 0 aliphatic heterocycles. The summed E-state index contributed by atoms with van der Waals surface area (Å²) in [5.41, 5.74) is 1.80. The summed E-state index contributed by atoms with van der Waals surface area (Å²) in [6.07, 6.45) is 3.91. The van der Waals surface area contributed by atoms with Gasteiger partial charge in [-0.15, -0.1) is 0 Å². The summed E-state index contributed by atoms with van der Waals surface area (Å²) in [7, 11) is 0. The van der Waals surface area contributed by atoms with E-state index in [2.05, 4.69) is 13.8 Å². The standard InChI is InChI=1S/C25H32O4/c1-3-5-12-20(4-2)19-28-23(26)17-18-24(27)29-25(21-13-8-6-9-14-21)22-15-10-7-11-16-22/h6-11,13-16,20,25H,3-5,12,17-19H2,1-2H3. The van der Waals surface area contributed by atoms with Crippen LogP contribution < -0.4 is 0 Å². The minimum absolute atomic E-state index is 0.0146. The van der Waals surface area contributed by atoms with Crippen molar-refractivity contribution in [2.75, 3.05) is 6.61 Å². The summed E-state index contributed by atoms with van der Waals surface area (Å²) in [4.78, 5) is 24.4. The van der Waals surface area contributed by atoms with Crippen molar-refractivity contribution in [3.8, 4) is 0 Å². The van der Waals surface area contributed by atoms with Gasteiger partial charge in [0.05, 0.1) is 19.4 Å². The average molecular weight is 397 g/mol. The second-order valence-corrected chi connectivity index (χ2v) is 7.29. The molecule has 156 valence electrons. The number of carbonyl (C=O) groups excluding carboxylic acids is 2. The maximum atomic E-state index is 12.4. The smallest absolute Gasteiger partial charge is 0.307 e. The molecule has 0 heterocycles. The number of ether oxygens (including phenoxy) is 2. The van der Waals surface area contributed by atoms with Crippen LogP contribution in [0.15, 0.2) is 60.7 Å². The fourth-order valence-electron chi connectivity index (χ4n) is 3.16. The van der Waals surface area contributed by atoms with Crippen LogP contribution in [-0.2, 0) is 19.1 Å². The molecule has 4 heteroatoms. The lowest BCUT2D eigenvalue weighted by molar-refractivity contribution is -0.153. The summed E-state index contributed by atoms with van der Waals surface area (Å²) in [6, 6.07) is 19.2. The number of rotatable bonds is 12. The van der Waals surface area contributed by atoms with E-state index in [1.54, 1.807) is 0 Å². The molecule has 4 nitrogen and oxygen atoms in total. The highest BCUT2D eigenvalue weighted by molar-refractivity contribution is 5.78. The van der Waals surface area contributed by atoms with Gasteiger partial charge >= 0.3 is 11.9 Å². The van der Waals surface area contributed by atoms with Crippen LogP contribution in [0.1, 0.15) is 69.6 Å². The van der Waals surface area contributed by atoms with Crippen molar-refractivity contribution in [3.63, 3.8) is 0 Å². The monoisotopic (exact) mass is 396 g/mol. The van der Waals surface area contributed by atoms with Crippen molar-refractivity contribution in [1.82, 2.24) is 0 Å². The van der Waals surface area contributed by atoms with Crippen LogP contribution in [0.2, 0.25) is 0 Å². The first-order chi connectivity index (χ1) is 14.1. The van der Waals surface area contributed by atoms with Gasteiger partial charge in [0.25, 0.3) is 0 Å². The predicted molar refractivity (Wildman–Crippen MR) is 114 cm³/mol. The van der Waals surface area contributed by atoms with E-state index in [0.29, 0.717) is 12.5 Å². The van der Waals surface area contributed by atoms with E-state index >= 15 is 0 Å². The largest absolute Gasteiger partial charge is 0.465 e. The molecule has 2 rings (SSSR count). The summed E-state index contributed by atoms with van der Waals surface area (Å²) in [5.74, 6) is -0.350. The zero-order chi connectivity index (χ0) is 20.9. The molecule has 0 aromatic heterocycles. The van der Waals surface area contributed by atoms with Gasteiger partial charge in [0.15, 0.2) is 6.10 Å². The van der Waals surface area contributed by atoms with Crippen LogP contribution in [0.5, 0.6) is 0 Å². The normalized spacial score (nSPS) is 11.8. The maximum absolute atomic E-state index is 12.4. The lowest BCUT2D eigenvalue weighted by atomic mass is 10.0. The highest BCUT2D eigenvalue weighted by Crippen LogP contribution is 2.26. The Balaban J connectivity index is 1.86. The van der Waals surface area contributed by atoms with Crippen LogP contribution in [0.25, 0.3) is 0 Å². The Morgan fingerprint density at radius 1 is 0.828 bits per heavy atom. The van der Waals surface area contributed by atoms with E-state index in [0.717, 1.165) is 36.8 Å². The zero-order valence-electron chi connectivity index (χ0n) is 17.5. The van der Waals surface area contributed by atoms with E-state index in [-0.39, 0.29) is 18.8 Å². The Kier molecular flexibility index (Phi) is 9.98. The summed E-state index contributed by atoms with van der Waals surface area (Å²) >= 11 is 0. The molecule has 0 amide bonds. The molecular formula is C25H32O4. The van der Waals surface area contributed by atoms with Gasteiger partial charge < -0.3 is 9.47 Å². The Labute approximate surface area is 174 Å². The van der Waals surface area contributed by atoms with Gasteiger partial charge in [-0.2, -0.15) is 0 Å². The Hall–Kier alpha value is -2.62. The second kappa shape index (κ2) is 12.8. The minimum atomic E-state index is -0.487. The van der Waals surface area contributed by atoms with Crippen molar-refractivity contribution in [2.45, 2.75) is 58.5 Å². The average Bonchev–Trinajstić information content (AvgIpc) is 2.77. The fraction of sp³-hybridized carbons (Fsp3) is 0.440. The third kappa shape index (κ3) is 8.10. The summed E-state index contributed by atoms with van der Waals surface area (Å²) < 4.78 is 11.1. The number of hydrogen-bond acceptors (Lipinski definition) is 4. The topological polar surface area (TPSA) is 52.6 Å². The van der Waals surface area contributed by atoms with Gasteiger partial charge in [-0.25, -0.2) is 0 Å². The molecule has 0 bridgehead atoms. The van der Waals surface area contributed by atoms with Crippen LogP contribution >= 0.6 is 0 Å². The molecule has 0 aliphatic rings. The van der Waals surface area contributed by atoms with Crippen molar-refractivity contribution in [1.29, 1.82) is 0 Å². The van der Waals surface area contributed by atoms with Crippen molar-refractivity contribution >= 4 is 11.9 Å². The molecule has 1 unspecified atom stereocenters. The molecule has 0 aliphatic carbocycles. The highest BCUT2D eigenvalue weighted by atomic mass is 16.5. The second-order valence-electron chi connectivity index (χ2n) is 7.29. The van der Waals surface area contributed by atoms with Crippen molar-refractivity contribution in [2.24, 2.45) is 5.92 Å². The fourth-order valence-corrected chi connectivity index (χ4v) is 3.16. The Morgan fingerprint density at radius 3 is 1.90 bits per heavy atom. The van der Waals surface area contributed by atoms with Gasteiger partial charge in [-0.1, -0.05) is 93.8 Å². The zero-order valence-corrected chi connectivity index (χ0v) is 17.5. The Bertz CT molecular complexity index is 688. The van der Waals surface area contributed by atoms with Crippen molar-refractivity contribution in [3.05, 3.63) is 71.8 Å². The lowest BCUT2D eigenvalue weighted by Gasteiger charge is -2.19. The number of unbranched alkanes of at least 4 members (excludes halogenated alkanes) is 1. The third-order valence-corrected chi connectivity index (χ3v) is 5.01. The first-order valence-electron chi connectivity index (χ1n) is 10.6. The van der Waals surface area contributed by atoms with Gasteiger partial charge in [0, 0.05) is 0 Å². The first-order valence-corrected chi connectivity index (χ1v) is 10.6. The first kappa shape index (κ1) is 22.7. The summed E-state index contributed by atoms with van der Waals surface area (Å²) in [6.45, 7) is 4.70. The van der Waals surface area contributed by atoms with Gasteiger partial charge in [-0.05, 0) is 23.5 Å². The predicted octanol–water partition coefficient (Wildman–Crippen LogP) is 5.86. The molecule has 2 aromatic carbocycles. The quantitative estimate of drug-likeness (QED) is 0.422. The molecule has 0 radical (unpaired) electrons. The Morgan fingerprint density at radius 2 is 1.38 bits per heavy atom. The molecule has 2 aromatic rings. The maximum Gasteiger partial charge on any atom is 0.307 e. The van der Waals surface area contributed by atoms with Crippen LogP contribution in [0, 0.1) is 5.92 Å². The highest BCUT2D eigenvalue weighted by Gasteiger charge is 2.20. The van der Waals surface area contributed by atoms with Crippen molar-refractivity contribution < 1.29 is 19.1 Å². The van der Waals surface area contributed by atoms with Crippen LogP contribution in [0.3, 0.4) is 0 Å². The van der Waals surface area contributed by atoms with E-state index in [9.17, 15) is 9.59 Å². The molecule has 0 N–H and O–H groups in total. The number of esters is 2. The van der Waals surface area contributed by atoms with Gasteiger partial charge in [0.2, 0.25) is 0 Å². The lowest BCUT2D eigenvalue weighted by Crippen LogP contribution is -2.17. The van der Waals surface area contributed by atoms with E-state index in [1.165, 1.54) is 0 Å². The van der Waals surface area contributed by atoms with E-state index in [1.807, 2.05) is 60.7 Å². The minimum Gasteiger partial charge on any atom is -0.465 e. The number of carbonyl (C=O) groups is 2. The molecule has 0 fully saturated rings. The molecule has 0 saturated heterocycles. The molecular weight excluding hydrogens is 364 g/mol. The van der Waals surface area contributed by atoms with E-state index < -0.39 is 12.1 Å². The van der Waals surface area contributed by atoms with E-state index in [4.69, 9.17) is 9.47 Å². The molecule has 0 saturated carbocycles. The number of benzene rings is 2. The third-order valence-electron chi connectivity index (χ3n) is 5.01. The SMILES string of the molecule is CCCCC(CC)COC(=O)CCC(=O)OC(c1ccccc1)c1ccccc1. The molecule has 0 spiro atoms. The molecule has 29 heavy (non-hydrogen) atoms.